The highest BCUT2D eigenvalue weighted by Crippen LogP contribution is 2.25. The summed E-state index contributed by atoms with van der Waals surface area (Å²) in [5, 5.41) is 3.46. The quantitative estimate of drug-likeness (QED) is 0.777. The van der Waals surface area contributed by atoms with Crippen LogP contribution in [0.5, 0.6) is 0 Å². The van der Waals surface area contributed by atoms with Crippen LogP contribution in [-0.2, 0) is 17.6 Å². The maximum absolute atomic E-state index is 5.05. The number of nitrogens with zero attached hydrogens (tertiary/aromatic N) is 2. The van der Waals surface area contributed by atoms with E-state index in [4.69, 9.17) is 9.72 Å². The van der Waals surface area contributed by atoms with Crippen LogP contribution >= 0.6 is 0 Å². The molecule has 0 bridgehead atoms. The molecule has 0 fully saturated rings. The van der Waals surface area contributed by atoms with Crippen LogP contribution in [0.3, 0.4) is 0 Å². The van der Waals surface area contributed by atoms with Gasteiger partial charge in [0.05, 0.1) is 6.61 Å². The molecule has 1 aliphatic rings. The highest BCUT2D eigenvalue weighted by molar-refractivity contribution is 5.22. The Morgan fingerprint density at radius 2 is 2.35 bits per heavy atom. The molecule has 20 heavy (non-hydrogen) atoms. The largest absolute Gasteiger partial charge is 0.383 e. The molecule has 1 heterocycles. The molecule has 2 unspecified atom stereocenters. The SMILES string of the molecule is CCC(C)c1ncc2c(n1)CCC(CNCCOC)C2. The van der Waals surface area contributed by atoms with E-state index in [1.165, 1.54) is 17.7 Å². The summed E-state index contributed by atoms with van der Waals surface area (Å²) in [6.45, 7) is 7.17. The van der Waals surface area contributed by atoms with Crippen molar-refractivity contribution < 1.29 is 4.74 Å². The van der Waals surface area contributed by atoms with Gasteiger partial charge >= 0.3 is 0 Å². The van der Waals surface area contributed by atoms with Crippen molar-refractivity contribution >= 4 is 0 Å². The van der Waals surface area contributed by atoms with Crippen LogP contribution in [0, 0.1) is 5.92 Å². The Kier molecular flexibility index (Phi) is 5.92. The molecule has 1 aromatic heterocycles. The van der Waals surface area contributed by atoms with Crippen LogP contribution in [0.2, 0.25) is 0 Å². The molecular formula is C16H27N3O. The minimum atomic E-state index is 0.466. The van der Waals surface area contributed by atoms with Crippen LogP contribution in [0.15, 0.2) is 6.20 Å². The Bertz CT molecular complexity index is 422. The number of fused-ring (bicyclic) bond motifs is 1. The van der Waals surface area contributed by atoms with Gasteiger partial charge in [0.1, 0.15) is 5.82 Å². The molecular weight excluding hydrogens is 250 g/mol. The lowest BCUT2D eigenvalue weighted by Gasteiger charge is -2.24. The van der Waals surface area contributed by atoms with Crippen LogP contribution in [0.1, 0.15) is 49.7 Å². The fourth-order valence-corrected chi connectivity index (χ4v) is 2.67. The fraction of sp³-hybridized carbons (Fsp3) is 0.750. The predicted octanol–water partition coefficient (Wildman–Crippen LogP) is 2.33. The van der Waals surface area contributed by atoms with E-state index in [2.05, 4.69) is 30.3 Å². The summed E-state index contributed by atoms with van der Waals surface area (Å²) in [5.41, 5.74) is 2.63. The fourth-order valence-electron chi connectivity index (χ4n) is 2.67. The summed E-state index contributed by atoms with van der Waals surface area (Å²) in [7, 11) is 1.74. The van der Waals surface area contributed by atoms with Gasteiger partial charge in [-0.1, -0.05) is 13.8 Å². The molecule has 0 aromatic carbocycles. The lowest BCUT2D eigenvalue weighted by atomic mass is 9.87. The minimum Gasteiger partial charge on any atom is -0.383 e. The molecule has 0 amide bonds. The standard InChI is InChI=1S/C16H27N3O/c1-4-12(2)16-18-11-14-9-13(5-6-15(14)19-16)10-17-7-8-20-3/h11-13,17H,4-10H2,1-3H3. The van der Waals surface area contributed by atoms with Crippen molar-refractivity contribution in [1.29, 1.82) is 0 Å². The Hall–Kier alpha value is -1.00. The van der Waals surface area contributed by atoms with Crippen LogP contribution < -0.4 is 5.32 Å². The van der Waals surface area contributed by atoms with Gasteiger partial charge in [-0.15, -0.1) is 0 Å². The Morgan fingerprint density at radius 1 is 1.50 bits per heavy atom. The highest BCUT2D eigenvalue weighted by atomic mass is 16.5. The number of ether oxygens (including phenoxy) is 1. The number of aryl methyl sites for hydroxylation is 1. The van der Waals surface area contributed by atoms with Crippen molar-refractivity contribution in [3.8, 4) is 0 Å². The van der Waals surface area contributed by atoms with Gasteiger partial charge in [-0.2, -0.15) is 0 Å². The van der Waals surface area contributed by atoms with Gasteiger partial charge in [0.25, 0.3) is 0 Å². The number of hydrogen-bond acceptors (Lipinski definition) is 4. The highest BCUT2D eigenvalue weighted by Gasteiger charge is 2.21. The summed E-state index contributed by atoms with van der Waals surface area (Å²) < 4.78 is 5.05. The van der Waals surface area contributed by atoms with Crippen molar-refractivity contribution in [2.75, 3.05) is 26.8 Å². The minimum absolute atomic E-state index is 0.466. The van der Waals surface area contributed by atoms with E-state index >= 15 is 0 Å². The third-order valence-corrected chi connectivity index (χ3v) is 4.24. The van der Waals surface area contributed by atoms with E-state index < -0.39 is 0 Å². The Balaban J connectivity index is 1.90. The second-order valence-corrected chi connectivity index (χ2v) is 5.82. The summed E-state index contributed by atoms with van der Waals surface area (Å²) in [5.74, 6) is 2.19. The van der Waals surface area contributed by atoms with Crippen molar-refractivity contribution in [2.24, 2.45) is 5.92 Å². The summed E-state index contributed by atoms with van der Waals surface area (Å²) in [6.07, 6.45) is 6.59. The third kappa shape index (κ3) is 4.00. The molecule has 0 saturated carbocycles. The Labute approximate surface area is 122 Å². The second kappa shape index (κ2) is 7.70. The summed E-state index contributed by atoms with van der Waals surface area (Å²) in [4.78, 5) is 9.33. The zero-order chi connectivity index (χ0) is 14.4. The molecule has 4 nitrogen and oxygen atoms in total. The monoisotopic (exact) mass is 277 g/mol. The maximum atomic E-state index is 5.05. The first-order valence-electron chi connectivity index (χ1n) is 7.78. The van der Waals surface area contributed by atoms with E-state index in [-0.39, 0.29) is 0 Å². The van der Waals surface area contributed by atoms with Gasteiger partial charge in [0.15, 0.2) is 0 Å². The average Bonchev–Trinajstić information content (AvgIpc) is 2.50. The average molecular weight is 277 g/mol. The molecule has 0 spiro atoms. The smallest absolute Gasteiger partial charge is 0.131 e. The topological polar surface area (TPSA) is 47.0 Å². The summed E-state index contributed by atoms with van der Waals surface area (Å²) >= 11 is 0. The number of aromatic nitrogens is 2. The van der Waals surface area contributed by atoms with Gasteiger partial charge < -0.3 is 10.1 Å². The third-order valence-electron chi connectivity index (χ3n) is 4.24. The van der Waals surface area contributed by atoms with E-state index in [1.807, 2.05) is 0 Å². The van der Waals surface area contributed by atoms with Gasteiger partial charge in [-0.3, -0.25) is 0 Å². The lowest BCUT2D eigenvalue weighted by Crippen LogP contribution is -2.30. The number of methoxy groups -OCH3 is 1. The molecule has 2 rings (SSSR count). The molecule has 0 saturated heterocycles. The van der Waals surface area contributed by atoms with Crippen molar-refractivity contribution in [3.63, 3.8) is 0 Å². The molecule has 0 aliphatic heterocycles. The molecule has 2 atom stereocenters. The first-order chi connectivity index (χ1) is 9.74. The maximum Gasteiger partial charge on any atom is 0.131 e. The summed E-state index contributed by atoms with van der Waals surface area (Å²) in [6, 6.07) is 0. The zero-order valence-electron chi connectivity index (χ0n) is 13.0. The number of nitrogens with one attached hydrogen (secondary N) is 1. The van der Waals surface area contributed by atoms with Gasteiger partial charge in [0.2, 0.25) is 0 Å². The molecule has 1 aliphatic carbocycles. The lowest BCUT2D eigenvalue weighted by molar-refractivity contribution is 0.197. The molecule has 0 radical (unpaired) electrons. The second-order valence-electron chi connectivity index (χ2n) is 5.82. The van der Waals surface area contributed by atoms with Gasteiger partial charge in [0, 0.05) is 31.5 Å². The van der Waals surface area contributed by atoms with E-state index in [0.29, 0.717) is 11.8 Å². The number of rotatable bonds is 7. The van der Waals surface area contributed by atoms with E-state index in [1.54, 1.807) is 7.11 Å². The molecule has 1 N–H and O–H groups in total. The molecule has 4 heteroatoms. The van der Waals surface area contributed by atoms with Crippen molar-refractivity contribution in [3.05, 3.63) is 23.3 Å². The number of hydrogen-bond donors (Lipinski definition) is 1. The van der Waals surface area contributed by atoms with Gasteiger partial charge in [-0.25, -0.2) is 9.97 Å². The molecule has 112 valence electrons. The predicted molar refractivity (Wildman–Crippen MR) is 81.0 cm³/mol. The van der Waals surface area contributed by atoms with Gasteiger partial charge in [-0.05, 0) is 43.7 Å². The Morgan fingerprint density at radius 3 is 3.10 bits per heavy atom. The zero-order valence-corrected chi connectivity index (χ0v) is 13.0. The van der Waals surface area contributed by atoms with Crippen LogP contribution in [0.4, 0.5) is 0 Å². The van der Waals surface area contributed by atoms with Crippen molar-refractivity contribution in [2.45, 2.75) is 45.4 Å². The van der Waals surface area contributed by atoms with E-state index in [9.17, 15) is 0 Å². The first kappa shape index (κ1) is 15.4. The molecule has 1 aromatic rings. The van der Waals surface area contributed by atoms with Crippen molar-refractivity contribution in [1.82, 2.24) is 15.3 Å². The van der Waals surface area contributed by atoms with E-state index in [0.717, 1.165) is 44.8 Å². The van der Waals surface area contributed by atoms with Crippen LogP contribution in [-0.4, -0.2) is 36.8 Å². The first-order valence-corrected chi connectivity index (χ1v) is 7.78. The normalized spacial score (nSPS) is 19.6. The van der Waals surface area contributed by atoms with Crippen LogP contribution in [0.25, 0.3) is 0 Å².